The highest BCUT2D eigenvalue weighted by atomic mass is 16.3. The largest absolute Gasteiger partial charge is 0.396 e. The van der Waals surface area contributed by atoms with Gasteiger partial charge in [-0.1, -0.05) is 19.3 Å². The first-order chi connectivity index (χ1) is 9.20. The Morgan fingerprint density at radius 3 is 2.74 bits per heavy atom. The number of carbonyl (C=O) groups excluding carboxylic acids is 1. The molecule has 1 rings (SSSR count). The van der Waals surface area contributed by atoms with Gasteiger partial charge in [0.1, 0.15) is 11.6 Å². The van der Waals surface area contributed by atoms with Gasteiger partial charge in [0.15, 0.2) is 0 Å². The molecule has 1 aliphatic rings. The van der Waals surface area contributed by atoms with Crippen LogP contribution in [-0.2, 0) is 4.79 Å². The maximum atomic E-state index is 12.2. The molecule has 5 heteroatoms. The molecule has 1 aliphatic carbocycles. The van der Waals surface area contributed by atoms with Crippen molar-refractivity contribution in [3.63, 3.8) is 0 Å². The number of nitrogens with zero attached hydrogens (tertiary/aromatic N) is 2. The number of nitriles is 1. The Labute approximate surface area is 114 Å². The maximum Gasteiger partial charge on any atom is 0.265 e. The molecule has 106 valence electrons. The topological polar surface area (TPSA) is 76.4 Å². The molecule has 0 aromatic heterocycles. The monoisotopic (exact) mass is 265 g/mol. The van der Waals surface area contributed by atoms with E-state index in [0.717, 1.165) is 25.7 Å². The molecule has 0 heterocycles. The molecule has 0 unspecified atom stereocenters. The molecular formula is C14H23N3O2. The normalized spacial score (nSPS) is 16.8. The van der Waals surface area contributed by atoms with Crippen molar-refractivity contribution in [1.29, 1.82) is 5.26 Å². The van der Waals surface area contributed by atoms with Crippen LogP contribution in [0.3, 0.4) is 0 Å². The molecule has 1 amide bonds. The summed E-state index contributed by atoms with van der Waals surface area (Å²) in [6.07, 6.45) is 7.66. The van der Waals surface area contributed by atoms with Crippen molar-refractivity contribution in [2.24, 2.45) is 0 Å². The van der Waals surface area contributed by atoms with E-state index in [9.17, 15) is 4.79 Å². The smallest absolute Gasteiger partial charge is 0.265 e. The fourth-order valence-electron chi connectivity index (χ4n) is 2.32. The van der Waals surface area contributed by atoms with Crippen LogP contribution >= 0.6 is 0 Å². The van der Waals surface area contributed by atoms with Gasteiger partial charge in [-0.2, -0.15) is 5.26 Å². The molecule has 5 nitrogen and oxygen atoms in total. The van der Waals surface area contributed by atoms with E-state index in [2.05, 4.69) is 5.32 Å². The summed E-state index contributed by atoms with van der Waals surface area (Å²) >= 11 is 0. The number of hydrogen-bond donors (Lipinski definition) is 2. The number of rotatable bonds is 6. The predicted molar refractivity (Wildman–Crippen MR) is 73.0 cm³/mol. The Morgan fingerprint density at radius 1 is 1.47 bits per heavy atom. The van der Waals surface area contributed by atoms with E-state index in [0.29, 0.717) is 13.0 Å². The number of amides is 1. The van der Waals surface area contributed by atoms with E-state index in [1.165, 1.54) is 12.6 Å². The second-order valence-corrected chi connectivity index (χ2v) is 4.91. The minimum Gasteiger partial charge on any atom is -0.396 e. The van der Waals surface area contributed by atoms with Crippen molar-refractivity contribution in [1.82, 2.24) is 10.2 Å². The Hall–Kier alpha value is -1.54. The van der Waals surface area contributed by atoms with Crippen molar-refractivity contribution in [2.75, 3.05) is 20.2 Å². The predicted octanol–water partition coefficient (Wildman–Crippen LogP) is 1.16. The summed E-state index contributed by atoms with van der Waals surface area (Å²) in [5.41, 5.74) is 0.131. The van der Waals surface area contributed by atoms with Crippen molar-refractivity contribution < 1.29 is 9.90 Å². The van der Waals surface area contributed by atoms with E-state index in [1.807, 2.05) is 6.07 Å². The fourth-order valence-corrected chi connectivity index (χ4v) is 2.32. The van der Waals surface area contributed by atoms with Crippen LogP contribution in [0.15, 0.2) is 11.8 Å². The molecular weight excluding hydrogens is 242 g/mol. The van der Waals surface area contributed by atoms with E-state index >= 15 is 0 Å². The zero-order valence-corrected chi connectivity index (χ0v) is 11.6. The molecule has 0 spiro atoms. The lowest BCUT2D eigenvalue weighted by molar-refractivity contribution is -0.128. The van der Waals surface area contributed by atoms with E-state index in [4.69, 9.17) is 10.4 Å². The second kappa shape index (κ2) is 8.54. The molecule has 0 bridgehead atoms. The third-order valence-electron chi connectivity index (χ3n) is 3.52. The molecule has 0 atom stereocenters. The van der Waals surface area contributed by atoms with Crippen LogP contribution in [-0.4, -0.2) is 42.2 Å². The SMILES string of the molecule is CN(C(=O)/C(C#N)=C\NCCCO)C1CCCCC1. The number of aliphatic hydroxyl groups excluding tert-OH is 1. The summed E-state index contributed by atoms with van der Waals surface area (Å²) in [4.78, 5) is 13.9. The first kappa shape index (κ1) is 15.5. The molecule has 19 heavy (non-hydrogen) atoms. The average molecular weight is 265 g/mol. The van der Waals surface area contributed by atoms with Crippen LogP contribution in [0, 0.1) is 11.3 Å². The molecule has 0 saturated heterocycles. The quantitative estimate of drug-likeness (QED) is 0.429. The average Bonchev–Trinajstić information content (AvgIpc) is 2.47. The highest BCUT2D eigenvalue weighted by Gasteiger charge is 2.24. The molecule has 1 saturated carbocycles. The maximum absolute atomic E-state index is 12.2. The zero-order chi connectivity index (χ0) is 14.1. The minimum absolute atomic E-state index is 0.0959. The van der Waals surface area contributed by atoms with E-state index in [-0.39, 0.29) is 24.1 Å². The van der Waals surface area contributed by atoms with Crippen LogP contribution in [0.1, 0.15) is 38.5 Å². The van der Waals surface area contributed by atoms with Gasteiger partial charge in [-0.3, -0.25) is 4.79 Å². The first-order valence-electron chi connectivity index (χ1n) is 6.92. The van der Waals surface area contributed by atoms with Gasteiger partial charge in [0.05, 0.1) is 0 Å². The van der Waals surface area contributed by atoms with Crippen LogP contribution < -0.4 is 5.32 Å². The molecule has 2 N–H and O–H groups in total. The lowest BCUT2D eigenvalue weighted by Crippen LogP contribution is -2.39. The van der Waals surface area contributed by atoms with Gasteiger partial charge in [0, 0.05) is 32.4 Å². The van der Waals surface area contributed by atoms with Crippen LogP contribution in [0.2, 0.25) is 0 Å². The number of hydrogen-bond acceptors (Lipinski definition) is 4. The summed E-state index contributed by atoms with van der Waals surface area (Å²) in [6.45, 7) is 0.654. The van der Waals surface area contributed by atoms with Crippen molar-refractivity contribution in [3.05, 3.63) is 11.8 Å². The summed E-state index contributed by atoms with van der Waals surface area (Å²) in [5, 5.41) is 20.6. The lowest BCUT2D eigenvalue weighted by Gasteiger charge is -2.31. The molecule has 1 fully saturated rings. The molecule has 0 aromatic carbocycles. The van der Waals surface area contributed by atoms with Gasteiger partial charge in [-0.15, -0.1) is 0 Å². The lowest BCUT2D eigenvalue weighted by atomic mass is 9.94. The van der Waals surface area contributed by atoms with E-state index < -0.39 is 0 Å². The van der Waals surface area contributed by atoms with Crippen molar-refractivity contribution in [2.45, 2.75) is 44.6 Å². The molecule has 0 aromatic rings. The van der Waals surface area contributed by atoms with Gasteiger partial charge in [0.2, 0.25) is 0 Å². The standard InChI is InChI=1S/C14H23N3O2/c1-17(13-6-3-2-4-7-13)14(19)12(10-15)11-16-8-5-9-18/h11,13,16,18H,2-9H2,1H3/b12-11-. The van der Waals surface area contributed by atoms with Gasteiger partial charge >= 0.3 is 0 Å². The van der Waals surface area contributed by atoms with Gasteiger partial charge in [-0.25, -0.2) is 0 Å². The van der Waals surface area contributed by atoms with Crippen molar-refractivity contribution in [3.8, 4) is 6.07 Å². The summed E-state index contributed by atoms with van der Waals surface area (Å²) in [7, 11) is 1.78. The third-order valence-corrected chi connectivity index (χ3v) is 3.52. The number of aliphatic hydroxyl groups is 1. The zero-order valence-electron chi connectivity index (χ0n) is 11.6. The Morgan fingerprint density at radius 2 is 2.16 bits per heavy atom. The van der Waals surface area contributed by atoms with Crippen LogP contribution in [0.25, 0.3) is 0 Å². The third kappa shape index (κ3) is 4.92. The summed E-state index contributed by atoms with van der Waals surface area (Å²) in [5.74, 6) is -0.217. The number of carbonyl (C=O) groups is 1. The van der Waals surface area contributed by atoms with Gasteiger partial charge < -0.3 is 15.3 Å². The highest BCUT2D eigenvalue weighted by Crippen LogP contribution is 2.22. The van der Waals surface area contributed by atoms with Gasteiger partial charge in [0.25, 0.3) is 5.91 Å². The van der Waals surface area contributed by atoms with Crippen molar-refractivity contribution >= 4 is 5.91 Å². The molecule has 0 radical (unpaired) electrons. The van der Waals surface area contributed by atoms with Crippen LogP contribution in [0.4, 0.5) is 0 Å². The Kier molecular flexibility index (Phi) is 6.98. The van der Waals surface area contributed by atoms with E-state index in [1.54, 1.807) is 11.9 Å². The van der Waals surface area contributed by atoms with Gasteiger partial charge in [-0.05, 0) is 19.3 Å². The second-order valence-electron chi connectivity index (χ2n) is 4.91. The minimum atomic E-state index is -0.217. The van der Waals surface area contributed by atoms with Crippen LogP contribution in [0.5, 0.6) is 0 Å². The molecule has 0 aliphatic heterocycles. The highest BCUT2D eigenvalue weighted by molar-refractivity contribution is 5.97. The number of likely N-dealkylation sites (N-methyl/N-ethyl adjacent to an activating group) is 1. The Balaban J connectivity index is 2.54. The fraction of sp³-hybridized carbons (Fsp3) is 0.714. The Bertz CT molecular complexity index is 354. The summed E-state index contributed by atoms with van der Waals surface area (Å²) < 4.78 is 0. The number of nitrogens with one attached hydrogen (secondary N) is 1. The summed E-state index contributed by atoms with van der Waals surface area (Å²) in [6, 6.07) is 2.20. The first-order valence-corrected chi connectivity index (χ1v) is 6.92.